The van der Waals surface area contributed by atoms with E-state index in [1.165, 1.54) is 23.8 Å². The van der Waals surface area contributed by atoms with E-state index < -0.39 is 10.0 Å². The summed E-state index contributed by atoms with van der Waals surface area (Å²) in [6, 6.07) is 6.20. The van der Waals surface area contributed by atoms with Crippen LogP contribution in [0.4, 0.5) is 0 Å². The van der Waals surface area contributed by atoms with E-state index in [-0.39, 0.29) is 23.3 Å². The third kappa shape index (κ3) is 4.02. The number of benzene rings is 1. The zero-order valence-corrected chi connectivity index (χ0v) is 15.2. The minimum atomic E-state index is -3.74. The first-order valence-electron chi connectivity index (χ1n) is 7.77. The van der Waals surface area contributed by atoms with Crippen LogP contribution in [0.2, 0.25) is 5.02 Å². The Balaban J connectivity index is 1.81. The minimum absolute atomic E-state index is 0.0604. The lowest BCUT2D eigenvalue weighted by atomic mass is 10.1. The van der Waals surface area contributed by atoms with Crippen LogP contribution in [0.1, 0.15) is 12.8 Å². The maximum Gasteiger partial charge on any atom is 0.246 e. The van der Waals surface area contributed by atoms with Crippen molar-refractivity contribution < 1.29 is 17.9 Å². The van der Waals surface area contributed by atoms with Crippen LogP contribution in [0.5, 0.6) is 11.6 Å². The molecule has 1 unspecified atom stereocenters. The van der Waals surface area contributed by atoms with Gasteiger partial charge in [0.1, 0.15) is 23.1 Å². The Bertz CT molecular complexity index is 833. The Morgan fingerprint density at radius 1 is 1.32 bits per heavy atom. The molecule has 2 heterocycles. The number of hydrogen-bond donors (Lipinski definition) is 0. The first-order chi connectivity index (χ1) is 12.0. The summed E-state index contributed by atoms with van der Waals surface area (Å²) in [7, 11) is -2.31. The number of halogens is 1. The predicted molar refractivity (Wildman–Crippen MR) is 92.4 cm³/mol. The zero-order valence-electron chi connectivity index (χ0n) is 13.6. The van der Waals surface area contributed by atoms with Crippen molar-refractivity contribution in [3.63, 3.8) is 0 Å². The quantitative estimate of drug-likeness (QED) is 0.788. The van der Waals surface area contributed by atoms with Gasteiger partial charge in [-0.15, -0.1) is 0 Å². The number of aromatic nitrogens is 2. The molecule has 9 heteroatoms. The first kappa shape index (κ1) is 17.9. The van der Waals surface area contributed by atoms with Gasteiger partial charge in [0.05, 0.1) is 13.7 Å². The van der Waals surface area contributed by atoms with E-state index in [2.05, 4.69) is 9.97 Å². The number of rotatable bonds is 5. The van der Waals surface area contributed by atoms with Crippen LogP contribution in [0.3, 0.4) is 0 Å². The van der Waals surface area contributed by atoms with Gasteiger partial charge >= 0.3 is 0 Å². The van der Waals surface area contributed by atoms with Crippen LogP contribution >= 0.6 is 11.6 Å². The molecule has 0 amide bonds. The standard InChI is InChI=1S/C16H18ClN3O4S/c1-23-14-5-4-12(17)9-15(14)25(21,22)20-8-2-3-13(10-20)24-16-6-7-18-11-19-16/h4-7,9,11,13H,2-3,8,10H2,1H3. The number of nitrogens with zero attached hydrogens (tertiary/aromatic N) is 3. The van der Waals surface area contributed by atoms with Crippen molar-refractivity contribution >= 4 is 21.6 Å². The molecule has 1 atom stereocenters. The topological polar surface area (TPSA) is 81.6 Å². The van der Waals surface area contributed by atoms with Gasteiger partial charge in [-0.05, 0) is 31.0 Å². The summed E-state index contributed by atoms with van der Waals surface area (Å²) >= 11 is 5.98. The predicted octanol–water partition coefficient (Wildman–Crippen LogP) is 2.37. The van der Waals surface area contributed by atoms with Crippen LogP contribution in [-0.4, -0.2) is 49.0 Å². The third-order valence-corrected chi connectivity index (χ3v) is 6.05. The van der Waals surface area contributed by atoms with E-state index in [4.69, 9.17) is 21.1 Å². The molecule has 134 valence electrons. The molecule has 0 N–H and O–H groups in total. The Morgan fingerprint density at radius 2 is 2.16 bits per heavy atom. The zero-order chi connectivity index (χ0) is 17.9. The number of methoxy groups -OCH3 is 1. The molecule has 1 fully saturated rings. The maximum atomic E-state index is 13.0. The van der Waals surface area contributed by atoms with E-state index in [0.29, 0.717) is 23.9 Å². The summed E-state index contributed by atoms with van der Waals surface area (Å²) in [4.78, 5) is 7.91. The van der Waals surface area contributed by atoms with Gasteiger partial charge in [0.2, 0.25) is 15.9 Å². The first-order valence-corrected chi connectivity index (χ1v) is 9.59. The normalized spacial score (nSPS) is 18.7. The molecule has 1 saturated heterocycles. The second kappa shape index (κ2) is 7.55. The smallest absolute Gasteiger partial charge is 0.246 e. The highest BCUT2D eigenvalue weighted by atomic mass is 35.5. The number of piperidine rings is 1. The molecule has 25 heavy (non-hydrogen) atoms. The van der Waals surface area contributed by atoms with Crippen molar-refractivity contribution in [2.45, 2.75) is 23.8 Å². The number of sulfonamides is 1. The van der Waals surface area contributed by atoms with Gasteiger partial charge in [0, 0.05) is 23.8 Å². The fourth-order valence-electron chi connectivity index (χ4n) is 2.73. The van der Waals surface area contributed by atoms with Crippen molar-refractivity contribution in [2.24, 2.45) is 0 Å². The van der Waals surface area contributed by atoms with Crippen molar-refractivity contribution in [3.05, 3.63) is 41.8 Å². The lowest BCUT2D eigenvalue weighted by Crippen LogP contribution is -2.44. The molecule has 1 aliphatic heterocycles. The van der Waals surface area contributed by atoms with Gasteiger partial charge in [-0.25, -0.2) is 18.4 Å². The second-order valence-corrected chi connectivity index (χ2v) is 7.93. The average Bonchev–Trinajstić information content (AvgIpc) is 2.63. The van der Waals surface area contributed by atoms with Crippen LogP contribution in [-0.2, 0) is 10.0 Å². The average molecular weight is 384 g/mol. The van der Waals surface area contributed by atoms with Crippen LogP contribution in [0.15, 0.2) is 41.7 Å². The third-order valence-electron chi connectivity index (χ3n) is 3.93. The molecule has 0 bridgehead atoms. The van der Waals surface area contributed by atoms with Gasteiger partial charge in [0.15, 0.2) is 0 Å². The minimum Gasteiger partial charge on any atom is -0.495 e. The molecule has 2 aromatic rings. The molecule has 0 radical (unpaired) electrons. The summed E-state index contributed by atoms with van der Waals surface area (Å²) < 4.78 is 38.4. The number of ether oxygens (including phenoxy) is 2. The second-order valence-electron chi connectivity index (χ2n) is 5.59. The van der Waals surface area contributed by atoms with Gasteiger partial charge in [-0.1, -0.05) is 11.6 Å². The van der Waals surface area contributed by atoms with Crippen molar-refractivity contribution in [1.82, 2.24) is 14.3 Å². The van der Waals surface area contributed by atoms with Crippen molar-refractivity contribution in [2.75, 3.05) is 20.2 Å². The summed E-state index contributed by atoms with van der Waals surface area (Å²) in [6.45, 7) is 0.656. The SMILES string of the molecule is COc1ccc(Cl)cc1S(=O)(=O)N1CCCC(Oc2ccncn2)C1. The molecule has 0 aliphatic carbocycles. The van der Waals surface area contributed by atoms with Crippen LogP contribution in [0, 0.1) is 0 Å². The lowest BCUT2D eigenvalue weighted by molar-refractivity contribution is 0.124. The van der Waals surface area contributed by atoms with Gasteiger partial charge in [-0.2, -0.15) is 4.31 Å². The molecular weight excluding hydrogens is 366 g/mol. The van der Waals surface area contributed by atoms with Crippen molar-refractivity contribution in [1.29, 1.82) is 0 Å². The highest BCUT2D eigenvalue weighted by Gasteiger charge is 2.33. The van der Waals surface area contributed by atoms with E-state index in [1.54, 1.807) is 24.4 Å². The molecule has 0 saturated carbocycles. The Morgan fingerprint density at radius 3 is 2.88 bits per heavy atom. The Hall–Kier alpha value is -1.90. The molecular formula is C16H18ClN3O4S. The Kier molecular flexibility index (Phi) is 5.41. The lowest BCUT2D eigenvalue weighted by Gasteiger charge is -2.32. The van der Waals surface area contributed by atoms with E-state index in [1.807, 2.05) is 0 Å². The van der Waals surface area contributed by atoms with Gasteiger partial charge in [-0.3, -0.25) is 0 Å². The molecule has 1 aromatic carbocycles. The summed E-state index contributed by atoms with van der Waals surface area (Å²) in [5, 5.41) is 0.338. The van der Waals surface area contributed by atoms with E-state index in [9.17, 15) is 8.42 Å². The monoisotopic (exact) mass is 383 g/mol. The highest BCUT2D eigenvalue weighted by molar-refractivity contribution is 7.89. The fraction of sp³-hybridized carbons (Fsp3) is 0.375. The number of hydrogen-bond acceptors (Lipinski definition) is 6. The highest BCUT2D eigenvalue weighted by Crippen LogP contribution is 2.31. The largest absolute Gasteiger partial charge is 0.495 e. The summed E-state index contributed by atoms with van der Waals surface area (Å²) in [5.41, 5.74) is 0. The molecule has 1 aromatic heterocycles. The molecule has 1 aliphatic rings. The van der Waals surface area contributed by atoms with Crippen molar-refractivity contribution in [3.8, 4) is 11.6 Å². The fourth-order valence-corrected chi connectivity index (χ4v) is 4.66. The summed E-state index contributed by atoms with van der Waals surface area (Å²) in [5.74, 6) is 0.697. The van der Waals surface area contributed by atoms with Gasteiger partial charge < -0.3 is 9.47 Å². The van der Waals surface area contributed by atoms with Gasteiger partial charge in [0.25, 0.3) is 0 Å². The molecule has 0 spiro atoms. The summed E-state index contributed by atoms with van der Waals surface area (Å²) in [6.07, 6.45) is 4.14. The Labute approximate surface area is 151 Å². The molecule has 3 rings (SSSR count). The van der Waals surface area contributed by atoms with Crippen LogP contribution in [0.25, 0.3) is 0 Å². The van der Waals surface area contributed by atoms with E-state index in [0.717, 1.165) is 6.42 Å². The van der Waals surface area contributed by atoms with Crippen LogP contribution < -0.4 is 9.47 Å². The van der Waals surface area contributed by atoms with E-state index >= 15 is 0 Å². The maximum absolute atomic E-state index is 13.0. The molecule has 7 nitrogen and oxygen atoms in total.